The second-order valence-electron chi connectivity index (χ2n) is 6.28. The Morgan fingerprint density at radius 2 is 2.27 bits per heavy atom. The van der Waals surface area contributed by atoms with Crippen LogP contribution < -0.4 is 10.6 Å². The molecule has 1 aliphatic heterocycles. The number of rotatable bonds is 6. The molecule has 4 nitrogen and oxygen atoms in total. The Bertz CT molecular complexity index is 786. The fourth-order valence-corrected chi connectivity index (χ4v) is 3.50. The number of nitrogens with zero attached hydrogens (tertiary/aromatic N) is 2. The molecule has 1 aromatic carbocycles. The molecule has 0 unspecified atom stereocenters. The number of aliphatic imine (C=N–C) groups is 2. The van der Waals surface area contributed by atoms with E-state index < -0.39 is 5.82 Å². The summed E-state index contributed by atoms with van der Waals surface area (Å²) in [7, 11) is 0. The van der Waals surface area contributed by atoms with Crippen molar-refractivity contribution in [1.82, 2.24) is 5.32 Å². The molecule has 0 saturated heterocycles. The summed E-state index contributed by atoms with van der Waals surface area (Å²) in [5.41, 5.74) is 3.29. The van der Waals surface area contributed by atoms with Crippen LogP contribution in [0.5, 0.6) is 0 Å². The predicted molar refractivity (Wildman–Crippen MR) is 110 cm³/mol. The van der Waals surface area contributed by atoms with Crippen LogP contribution in [0.3, 0.4) is 0 Å². The Labute approximate surface area is 162 Å². The van der Waals surface area contributed by atoms with Crippen LogP contribution in [0.15, 0.2) is 51.7 Å². The fraction of sp³-hybridized carbons (Fsp3) is 0.368. The van der Waals surface area contributed by atoms with Gasteiger partial charge in [-0.25, -0.2) is 9.38 Å². The summed E-state index contributed by atoms with van der Waals surface area (Å²) >= 11 is 7.20. The molecule has 3 rings (SSSR count). The summed E-state index contributed by atoms with van der Waals surface area (Å²) < 4.78 is 13.1. The van der Waals surface area contributed by atoms with Crippen LogP contribution in [-0.4, -0.2) is 16.9 Å². The van der Waals surface area contributed by atoms with Crippen LogP contribution >= 0.6 is 23.4 Å². The SMILES string of the molecule is CC(=CN=C1N=C(Nc2ccc(F)c(Cl)c2)S1)NCCC1=CCCCC1. The number of nitrogens with one attached hydrogen (secondary N) is 2. The summed E-state index contributed by atoms with van der Waals surface area (Å²) in [6.07, 6.45) is 10.4. The van der Waals surface area contributed by atoms with E-state index in [2.05, 4.69) is 26.7 Å². The lowest BCUT2D eigenvalue weighted by Gasteiger charge is -2.16. The van der Waals surface area contributed by atoms with Crippen molar-refractivity contribution in [3.63, 3.8) is 0 Å². The molecular weight excluding hydrogens is 371 g/mol. The van der Waals surface area contributed by atoms with Gasteiger partial charge in [-0.3, -0.25) is 0 Å². The molecular formula is C19H22ClFN4S. The van der Waals surface area contributed by atoms with Crippen LogP contribution in [-0.2, 0) is 0 Å². The first-order chi connectivity index (χ1) is 12.6. The number of amidine groups is 2. The largest absolute Gasteiger partial charge is 0.387 e. The predicted octanol–water partition coefficient (Wildman–Crippen LogP) is 5.69. The minimum Gasteiger partial charge on any atom is -0.387 e. The van der Waals surface area contributed by atoms with Crippen molar-refractivity contribution in [3.05, 3.63) is 52.6 Å². The van der Waals surface area contributed by atoms with Gasteiger partial charge in [0, 0.05) is 24.1 Å². The average Bonchev–Trinajstić information content (AvgIpc) is 2.61. The highest BCUT2D eigenvalue weighted by atomic mass is 35.5. The number of hydrogen-bond donors (Lipinski definition) is 2. The molecule has 1 heterocycles. The maximum atomic E-state index is 13.1. The minimum atomic E-state index is -0.435. The van der Waals surface area contributed by atoms with E-state index in [1.165, 1.54) is 49.6 Å². The van der Waals surface area contributed by atoms with Crippen molar-refractivity contribution in [3.8, 4) is 0 Å². The van der Waals surface area contributed by atoms with Crippen LogP contribution in [0, 0.1) is 5.82 Å². The molecule has 0 radical (unpaired) electrons. The first-order valence-electron chi connectivity index (χ1n) is 8.75. The Morgan fingerprint density at radius 1 is 1.42 bits per heavy atom. The van der Waals surface area contributed by atoms with Crippen molar-refractivity contribution < 1.29 is 4.39 Å². The summed E-state index contributed by atoms with van der Waals surface area (Å²) in [6.45, 7) is 2.94. The zero-order valence-corrected chi connectivity index (χ0v) is 16.3. The molecule has 2 N–H and O–H groups in total. The fourth-order valence-electron chi connectivity index (χ4n) is 2.74. The van der Waals surface area contributed by atoms with Gasteiger partial charge in [-0.05, 0) is 69.0 Å². The highest BCUT2D eigenvalue weighted by Gasteiger charge is 2.17. The molecule has 0 saturated carbocycles. The topological polar surface area (TPSA) is 48.8 Å². The van der Waals surface area contributed by atoms with Gasteiger partial charge in [0.15, 0.2) is 10.3 Å². The lowest BCUT2D eigenvalue weighted by molar-refractivity contribution is 0.628. The Kier molecular flexibility index (Phi) is 6.74. The summed E-state index contributed by atoms with van der Waals surface area (Å²) in [5.74, 6) is -0.435. The first kappa shape index (κ1) is 19.0. The smallest absolute Gasteiger partial charge is 0.197 e. The second-order valence-corrected chi connectivity index (χ2v) is 7.64. The zero-order chi connectivity index (χ0) is 18.4. The number of hydrogen-bond acceptors (Lipinski definition) is 4. The molecule has 7 heteroatoms. The van der Waals surface area contributed by atoms with Crippen molar-refractivity contribution in [2.24, 2.45) is 9.98 Å². The van der Waals surface area contributed by atoms with Gasteiger partial charge in [0.1, 0.15) is 5.82 Å². The number of halogens is 2. The Hall–Kier alpha value is -1.79. The summed E-state index contributed by atoms with van der Waals surface area (Å²) in [4.78, 5) is 8.64. The molecule has 0 atom stereocenters. The minimum absolute atomic E-state index is 0.0856. The van der Waals surface area contributed by atoms with Crippen molar-refractivity contribution in [1.29, 1.82) is 0 Å². The molecule has 1 aromatic rings. The van der Waals surface area contributed by atoms with Crippen molar-refractivity contribution >= 4 is 39.4 Å². The third kappa shape index (κ3) is 5.61. The van der Waals surface area contributed by atoms with E-state index in [4.69, 9.17) is 11.6 Å². The molecule has 138 valence electrons. The van der Waals surface area contributed by atoms with E-state index in [1.54, 1.807) is 17.8 Å². The van der Waals surface area contributed by atoms with Gasteiger partial charge in [0.05, 0.1) is 5.02 Å². The van der Waals surface area contributed by atoms with Crippen LogP contribution in [0.4, 0.5) is 10.1 Å². The standard InChI is InChI=1S/C19H22ClFN4S/c1-13(22-10-9-14-5-3-2-4-6-14)12-23-18-25-19(26-18)24-15-7-8-17(21)16(20)11-15/h5,7-8,11-12,22H,2-4,6,9-10H2,1H3,(H,23,24,25). The summed E-state index contributed by atoms with van der Waals surface area (Å²) in [5, 5.41) is 7.95. The van der Waals surface area contributed by atoms with E-state index in [9.17, 15) is 4.39 Å². The van der Waals surface area contributed by atoms with Gasteiger partial charge in [0.25, 0.3) is 0 Å². The third-order valence-corrected chi connectivity index (χ3v) is 5.22. The number of thioether (sulfide) groups is 1. The van der Waals surface area contributed by atoms with Gasteiger partial charge < -0.3 is 10.6 Å². The monoisotopic (exact) mass is 392 g/mol. The molecule has 0 fully saturated rings. The van der Waals surface area contributed by atoms with Gasteiger partial charge in [-0.15, -0.1) is 0 Å². The van der Waals surface area contributed by atoms with Gasteiger partial charge in [-0.2, -0.15) is 4.99 Å². The summed E-state index contributed by atoms with van der Waals surface area (Å²) in [6, 6.07) is 4.48. The van der Waals surface area contributed by atoms with E-state index in [0.29, 0.717) is 10.9 Å². The molecule has 0 aromatic heterocycles. The number of allylic oxidation sites excluding steroid dienone is 2. The molecule has 26 heavy (non-hydrogen) atoms. The zero-order valence-electron chi connectivity index (χ0n) is 14.7. The van der Waals surface area contributed by atoms with Crippen molar-refractivity contribution in [2.75, 3.05) is 11.9 Å². The Balaban J connectivity index is 1.43. The van der Waals surface area contributed by atoms with E-state index >= 15 is 0 Å². The molecule has 0 amide bonds. The van der Waals surface area contributed by atoms with Crippen molar-refractivity contribution in [2.45, 2.75) is 39.0 Å². The van der Waals surface area contributed by atoms with Gasteiger partial charge >= 0.3 is 0 Å². The lowest BCUT2D eigenvalue weighted by atomic mass is 9.97. The molecule has 0 bridgehead atoms. The van der Waals surface area contributed by atoms with Crippen LogP contribution in [0.2, 0.25) is 5.02 Å². The maximum Gasteiger partial charge on any atom is 0.197 e. The Morgan fingerprint density at radius 3 is 3.00 bits per heavy atom. The third-order valence-electron chi connectivity index (χ3n) is 4.16. The van der Waals surface area contributed by atoms with E-state index in [0.717, 1.165) is 23.8 Å². The van der Waals surface area contributed by atoms with Gasteiger partial charge in [-0.1, -0.05) is 23.3 Å². The van der Waals surface area contributed by atoms with Crippen LogP contribution in [0.1, 0.15) is 39.0 Å². The highest BCUT2D eigenvalue weighted by molar-refractivity contribution is 8.29. The maximum absolute atomic E-state index is 13.1. The second kappa shape index (κ2) is 9.24. The molecule has 1 aliphatic carbocycles. The van der Waals surface area contributed by atoms with Gasteiger partial charge in [0.2, 0.25) is 0 Å². The normalized spacial score (nSPS) is 18.9. The lowest BCUT2D eigenvalue weighted by Crippen LogP contribution is -2.19. The molecule has 2 aliphatic rings. The number of anilines is 1. The average molecular weight is 393 g/mol. The van der Waals surface area contributed by atoms with E-state index in [1.807, 2.05) is 6.92 Å². The quantitative estimate of drug-likeness (QED) is 0.611. The van der Waals surface area contributed by atoms with E-state index in [-0.39, 0.29) is 5.02 Å². The highest BCUT2D eigenvalue weighted by Crippen LogP contribution is 2.25. The van der Waals surface area contributed by atoms with Crippen LogP contribution in [0.25, 0.3) is 0 Å². The first-order valence-corrected chi connectivity index (χ1v) is 9.94. The number of benzene rings is 1. The molecule has 0 spiro atoms.